The van der Waals surface area contributed by atoms with Crippen LogP contribution in [-0.4, -0.2) is 53.7 Å². The van der Waals surface area contributed by atoms with Crippen molar-refractivity contribution in [3.05, 3.63) is 0 Å². The highest BCUT2D eigenvalue weighted by atomic mass is 16.4. The van der Waals surface area contributed by atoms with Crippen molar-refractivity contribution in [3.63, 3.8) is 0 Å². The molecule has 0 heterocycles. The Labute approximate surface area is 120 Å². The van der Waals surface area contributed by atoms with Crippen LogP contribution in [0.4, 0.5) is 4.79 Å². The molecule has 0 saturated heterocycles. The van der Waals surface area contributed by atoms with Crippen LogP contribution < -0.4 is 10.6 Å². The number of carbonyl (C=O) groups is 2. The lowest BCUT2D eigenvalue weighted by Gasteiger charge is -2.42. The molecule has 0 unspecified atom stereocenters. The number of likely N-dealkylation sites (N-methyl/N-ethyl adjacent to an activating group) is 1. The summed E-state index contributed by atoms with van der Waals surface area (Å²) in [6.45, 7) is 7.70. The minimum absolute atomic E-state index is 0.0778. The number of amides is 2. The molecule has 3 N–H and O–H groups in total. The van der Waals surface area contributed by atoms with Crippen molar-refractivity contribution in [1.29, 1.82) is 0 Å². The molecule has 20 heavy (non-hydrogen) atoms. The highest BCUT2D eigenvalue weighted by Gasteiger charge is 2.34. The maximum atomic E-state index is 11.6. The Morgan fingerprint density at radius 1 is 1.35 bits per heavy atom. The van der Waals surface area contributed by atoms with Gasteiger partial charge in [0.25, 0.3) is 0 Å². The van der Waals surface area contributed by atoms with Crippen molar-refractivity contribution in [1.82, 2.24) is 15.5 Å². The van der Waals surface area contributed by atoms with E-state index in [9.17, 15) is 9.59 Å². The largest absolute Gasteiger partial charge is 0.480 e. The van der Waals surface area contributed by atoms with Gasteiger partial charge >= 0.3 is 12.0 Å². The van der Waals surface area contributed by atoms with Gasteiger partial charge in [-0.3, -0.25) is 9.69 Å². The SMILES string of the molecule is CCN(CC(=O)O)C1CC(NC(=O)NCCC(C)C)C1. The van der Waals surface area contributed by atoms with Crippen molar-refractivity contribution < 1.29 is 14.7 Å². The Kier molecular flexibility index (Phi) is 6.78. The number of carboxylic acids is 1. The van der Waals surface area contributed by atoms with E-state index in [-0.39, 0.29) is 24.7 Å². The highest BCUT2D eigenvalue weighted by molar-refractivity contribution is 5.74. The van der Waals surface area contributed by atoms with E-state index in [1.54, 1.807) is 0 Å². The van der Waals surface area contributed by atoms with Crippen LogP contribution in [-0.2, 0) is 4.79 Å². The summed E-state index contributed by atoms with van der Waals surface area (Å²) >= 11 is 0. The molecule has 2 amide bonds. The molecule has 1 saturated carbocycles. The second kappa shape index (κ2) is 8.09. The van der Waals surface area contributed by atoms with Gasteiger partial charge in [0.05, 0.1) is 6.54 Å². The van der Waals surface area contributed by atoms with E-state index in [2.05, 4.69) is 24.5 Å². The number of urea groups is 1. The summed E-state index contributed by atoms with van der Waals surface area (Å²) in [7, 11) is 0. The molecule has 1 aliphatic carbocycles. The molecule has 0 aliphatic heterocycles. The number of rotatable bonds is 8. The first kappa shape index (κ1) is 16.8. The lowest BCUT2D eigenvalue weighted by atomic mass is 9.85. The number of carboxylic acid groups (broad SMARTS) is 1. The number of nitrogens with one attached hydrogen (secondary N) is 2. The second-order valence-corrected chi connectivity index (χ2v) is 5.86. The molecule has 0 spiro atoms. The van der Waals surface area contributed by atoms with E-state index in [1.165, 1.54) is 0 Å². The summed E-state index contributed by atoms with van der Waals surface area (Å²) in [6.07, 6.45) is 2.64. The predicted molar refractivity (Wildman–Crippen MR) is 77.7 cm³/mol. The summed E-state index contributed by atoms with van der Waals surface area (Å²) in [4.78, 5) is 24.3. The topological polar surface area (TPSA) is 81.7 Å². The van der Waals surface area contributed by atoms with Crippen LogP contribution in [0.3, 0.4) is 0 Å². The van der Waals surface area contributed by atoms with Gasteiger partial charge in [0.15, 0.2) is 0 Å². The summed E-state index contributed by atoms with van der Waals surface area (Å²) < 4.78 is 0. The Balaban J connectivity index is 2.17. The molecule has 1 rings (SSSR count). The van der Waals surface area contributed by atoms with Crippen LogP contribution >= 0.6 is 0 Å². The molecule has 6 nitrogen and oxygen atoms in total. The maximum absolute atomic E-state index is 11.6. The fourth-order valence-corrected chi connectivity index (χ4v) is 2.39. The fourth-order valence-electron chi connectivity index (χ4n) is 2.39. The Bertz CT molecular complexity index is 328. The highest BCUT2D eigenvalue weighted by Crippen LogP contribution is 2.25. The molecule has 0 bridgehead atoms. The Morgan fingerprint density at radius 3 is 2.50 bits per heavy atom. The van der Waals surface area contributed by atoms with Crippen molar-refractivity contribution in [3.8, 4) is 0 Å². The number of nitrogens with zero attached hydrogens (tertiary/aromatic N) is 1. The molecule has 0 radical (unpaired) electrons. The smallest absolute Gasteiger partial charge is 0.317 e. The standard InChI is InChI=1S/C14H27N3O3/c1-4-17(9-13(18)19)12-7-11(8-12)16-14(20)15-6-5-10(2)3/h10-12H,4-9H2,1-3H3,(H,18,19)(H2,15,16,20). The van der Waals surface area contributed by atoms with Gasteiger partial charge in [-0.2, -0.15) is 0 Å². The fraction of sp³-hybridized carbons (Fsp3) is 0.857. The first-order valence-electron chi connectivity index (χ1n) is 7.42. The van der Waals surface area contributed by atoms with E-state index in [0.29, 0.717) is 12.5 Å². The first-order chi connectivity index (χ1) is 9.42. The molecular formula is C14H27N3O3. The predicted octanol–water partition coefficient (Wildman–Crippen LogP) is 1.27. The molecule has 1 aliphatic rings. The van der Waals surface area contributed by atoms with E-state index < -0.39 is 5.97 Å². The first-order valence-corrected chi connectivity index (χ1v) is 7.42. The third kappa shape index (κ3) is 5.77. The van der Waals surface area contributed by atoms with Crippen LogP contribution in [0.5, 0.6) is 0 Å². The van der Waals surface area contributed by atoms with Crippen molar-refractivity contribution in [2.24, 2.45) is 5.92 Å². The zero-order chi connectivity index (χ0) is 15.1. The van der Waals surface area contributed by atoms with Gasteiger partial charge in [0.2, 0.25) is 0 Å². The van der Waals surface area contributed by atoms with Gasteiger partial charge in [-0.1, -0.05) is 20.8 Å². The number of carbonyl (C=O) groups excluding carboxylic acids is 1. The second-order valence-electron chi connectivity index (χ2n) is 5.86. The molecule has 6 heteroatoms. The average Bonchev–Trinajstić information content (AvgIpc) is 2.30. The van der Waals surface area contributed by atoms with Crippen LogP contribution in [0, 0.1) is 5.92 Å². The summed E-state index contributed by atoms with van der Waals surface area (Å²) in [5, 5.41) is 14.6. The zero-order valence-corrected chi connectivity index (χ0v) is 12.7. The molecule has 0 aromatic carbocycles. The summed E-state index contributed by atoms with van der Waals surface area (Å²) in [5.41, 5.74) is 0. The van der Waals surface area contributed by atoms with Crippen LogP contribution in [0.25, 0.3) is 0 Å². The lowest BCUT2D eigenvalue weighted by molar-refractivity contribution is -0.139. The monoisotopic (exact) mass is 285 g/mol. The molecular weight excluding hydrogens is 258 g/mol. The van der Waals surface area contributed by atoms with Gasteiger partial charge < -0.3 is 15.7 Å². The third-order valence-electron chi connectivity index (χ3n) is 3.72. The molecule has 0 aromatic rings. The van der Waals surface area contributed by atoms with Crippen LogP contribution in [0.2, 0.25) is 0 Å². The number of hydrogen-bond donors (Lipinski definition) is 3. The Hall–Kier alpha value is -1.30. The van der Waals surface area contributed by atoms with Crippen molar-refractivity contribution >= 4 is 12.0 Å². The van der Waals surface area contributed by atoms with Crippen molar-refractivity contribution in [2.45, 2.75) is 52.1 Å². The number of aliphatic carboxylic acids is 1. The van der Waals surface area contributed by atoms with E-state index >= 15 is 0 Å². The lowest BCUT2D eigenvalue weighted by Crippen LogP contribution is -2.56. The number of hydrogen-bond acceptors (Lipinski definition) is 3. The van der Waals surface area contributed by atoms with E-state index in [1.807, 2.05) is 11.8 Å². The van der Waals surface area contributed by atoms with Crippen LogP contribution in [0.15, 0.2) is 0 Å². The van der Waals surface area contributed by atoms with Gasteiger partial charge in [-0.15, -0.1) is 0 Å². The zero-order valence-electron chi connectivity index (χ0n) is 12.7. The summed E-state index contributed by atoms with van der Waals surface area (Å²) in [5.74, 6) is -0.216. The van der Waals surface area contributed by atoms with Gasteiger partial charge in [0, 0.05) is 18.6 Å². The Morgan fingerprint density at radius 2 is 2.00 bits per heavy atom. The molecule has 0 atom stereocenters. The third-order valence-corrected chi connectivity index (χ3v) is 3.72. The quantitative estimate of drug-likeness (QED) is 0.627. The van der Waals surface area contributed by atoms with Gasteiger partial charge in [-0.05, 0) is 31.7 Å². The van der Waals surface area contributed by atoms with Crippen LogP contribution in [0.1, 0.15) is 40.0 Å². The molecule has 0 aromatic heterocycles. The minimum Gasteiger partial charge on any atom is -0.480 e. The normalized spacial score (nSPS) is 21.6. The van der Waals surface area contributed by atoms with E-state index in [0.717, 1.165) is 25.8 Å². The van der Waals surface area contributed by atoms with Crippen molar-refractivity contribution in [2.75, 3.05) is 19.6 Å². The molecule has 1 fully saturated rings. The summed E-state index contributed by atoms with van der Waals surface area (Å²) in [6, 6.07) is 0.328. The molecule has 116 valence electrons. The van der Waals surface area contributed by atoms with E-state index in [4.69, 9.17) is 5.11 Å². The van der Waals surface area contributed by atoms with Gasteiger partial charge in [0.1, 0.15) is 0 Å². The minimum atomic E-state index is -0.797. The average molecular weight is 285 g/mol. The van der Waals surface area contributed by atoms with Gasteiger partial charge in [-0.25, -0.2) is 4.79 Å². The maximum Gasteiger partial charge on any atom is 0.317 e.